The first kappa shape index (κ1) is 14.5. The highest BCUT2D eigenvalue weighted by Gasteiger charge is 2.11. The fourth-order valence-corrected chi connectivity index (χ4v) is 1.49. The topological polar surface area (TPSA) is 72.6 Å². The lowest BCUT2D eigenvalue weighted by Crippen LogP contribution is -2.37. The lowest BCUT2D eigenvalue weighted by Gasteiger charge is -2.15. The Balaban J connectivity index is 2.36. The standard InChI is InChI=1S/C12H15ClN2O3/c1-15(6-11(14)16)12(17)8-18-7-9-4-2-3-5-10(9)13/h2-5H,6-8H2,1H3,(H2,14,16). The number of ether oxygens (including phenoxy) is 1. The van der Waals surface area contributed by atoms with Gasteiger partial charge in [0, 0.05) is 12.1 Å². The fourth-order valence-electron chi connectivity index (χ4n) is 1.30. The molecule has 0 aliphatic carbocycles. The zero-order valence-corrected chi connectivity index (χ0v) is 10.8. The van der Waals surface area contributed by atoms with Crippen molar-refractivity contribution >= 4 is 23.4 Å². The normalized spacial score (nSPS) is 10.1. The molecule has 0 spiro atoms. The molecule has 2 N–H and O–H groups in total. The number of nitrogens with zero attached hydrogens (tertiary/aromatic N) is 1. The molecule has 0 bridgehead atoms. The minimum absolute atomic E-state index is 0.116. The summed E-state index contributed by atoms with van der Waals surface area (Å²) in [6.07, 6.45) is 0. The third-order valence-corrected chi connectivity index (χ3v) is 2.63. The molecular formula is C12H15ClN2O3. The highest BCUT2D eigenvalue weighted by atomic mass is 35.5. The van der Waals surface area contributed by atoms with E-state index in [1.54, 1.807) is 6.07 Å². The number of benzene rings is 1. The summed E-state index contributed by atoms with van der Waals surface area (Å²) in [7, 11) is 1.49. The van der Waals surface area contributed by atoms with Gasteiger partial charge < -0.3 is 15.4 Å². The van der Waals surface area contributed by atoms with Crippen LogP contribution in [0.4, 0.5) is 0 Å². The van der Waals surface area contributed by atoms with Crippen molar-refractivity contribution in [3.05, 3.63) is 34.9 Å². The first-order valence-corrected chi connectivity index (χ1v) is 5.72. The number of primary amides is 1. The number of likely N-dealkylation sites (N-methyl/N-ethyl adjacent to an activating group) is 1. The molecule has 1 aromatic carbocycles. The molecule has 0 aromatic heterocycles. The van der Waals surface area contributed by atoms with E-state index in [2.05, 4.69) is 0 Å². The van der Waals surface area contributed by atoms with Crippen molar-refractivity contribution in [1.82, 2.24) is 4.90 Å². The van der Waals surface area contributed by atoms with Crippen LogP contribution in [-0.2, 0) is 20.9 Å². The zero-order valence-electron chi connectivity index (χ0n) is 10.1. The molecule has 0 aliphatic rings. The average molecular weight is 271 g/mol. The lowest BCUT2D eigenvalue weighted by atomic mass is 10.2. The van der Waals surface area contributed by atoms with Crippen molar-refractivity contribution in [2.75, 3.05) is 20.2 Å². The maximum Gasteiger partial charge on any atom is 0.248 e. The molecule has 0 saturated carbocycles. The zero-order chi connectivity index (χ0) is 13.5. The van der Waals surface area contributed by atoms with Gasteiger partial charge in [-0.25, -0.2) is 0 Å². The van der Waals surface area contributed by atoms with E-state index in [-0.39, 0.29) is 25.7 Å². The first-order chi connectivity index (χ1) is 8.50. The predicted molar refractivity (Wildman–Crippen MR) is 67.9 cm³/mol. The number of carbonyl (C=O) groups is 2. The summed E-state index contributed by atoms with van der Waals surface area (Å²) < 4.78 is 5.24. The summed E-state index contributed by atoms with van der Waals surface area (Å²) in [4.78, 5) is 23.4. The number of nitrogens with two attached hydrogens (primary N) is 1. The Kier molecular flexibility index (Phi) is 5.61. The van der Waals surface area contributed by atoms with Crippen molar-refractivity contribution in [3.8, 4) is 0 Å². The van der Waals surface area contributed by atoms with Gasteiger partial charge in [-0.05, 0) is 11.6 Å². The second-order valence-corrected chi connectivity index (χ2v) is 4.21. The van der Waals surface area contributed by atoms with Crippen LogP contribution in [0, 0.1) is 0 Å². The van der Waals surface area contributed by atoms with E-state index in [4.69, 9.17) is 22.1 Å². The lowest BCUT2D eigenvalue weighted by molar-refractivity contribution is -0.138. The van der Waals surface area contributed by atoms with Crippen LogP contribution in [0.5, 0.6) is 0 Å². The van der Waals surface area contributed by atoms with Gasteiger partial charge in [0.2, 0.25) is 11.8 Å². The third-order valence-electron chi connectivity index (χ3n) is 2.26. The molecule has 6 heteroatoms. The summed E-state index contributed by atoms with van der Waals surface area (Å²) in [6, 6.07) is 7.23. The number of rotatable bonds is 6. The van der Waals surface area contributed by atoms with E-state index < -0.39 is 5.91 Å². The van der Waals surface area contributed by atoms with Gasteiger partial charge in [0.25, 0.3) is 0 Å². The molecule has 1 rings (SSSR count). The Labute approximate surface area is 110 Å². The van der Waals surface area contributed by atoms with E-state index in [0.717, 1.165) is 5.56 Å². The molecule has 1 aromatic rings. The maximum absolute atomic E-state index is 11.5. The Morgan fingerprint density at radius 2 is 2.06 bits per heavy atom. The summed E-state index contributed by atoms with van der Waals surface area (Å²) in [5.41, 5.74) is 5.79. The summed E-state index contributed by atoms with van der Waals surface area (Å²) in [5.74, 6) is -0.863. The van der Waals surface area contributed by atoms with Gasteiger partial charge in [-0.3, -0.25) is 9.59 Å². The van der Waals surface area contributed by atoms with Crippen LogP contribution in [0.1, 0.15) is 5.56 Å². The number of hydrogen-bond acceptors (Lipinski definition) is 3. The van der Waals surface area contributed by atoms with Crippen LogP contribution < -0.4 is 5.73 Å². The van der Waals surface area contributed by atoms with Gasteiger partial charge >= 0.3 is 0 Å². The van der Waals surface area contributed by atoms with Crippen molar-refractivity contribution in [2.45, 2.75) is 6.61 Å². The second kappa shape index (κ2) is 6.98. The van der Waals surface area contributed by atoms with Gasteiger partial charge in [-0.2, -0.15) is 0 Å². The molecule has 2 amide bonds. The summed E-state index contributed by atoms with van der Waals surface area (Å²) >= 11 is 5.93. The third kappa shape index (κ3) is 4.73. The number of amides is 2. The van der Waals surface area contributed by atoms with Crippen LogP contribution >= 0.6 is 11.6 Å². The Morgan fingerprint density at radius 1 is 1.39 bits per heavy atom. The van der Waals surface area contributed by atoms with E-state index >= 15 is 0 Å². The molecule has 0 heterocycles. The summed E-state index contributed by atoms with van der Waals surface area (Å²) in [5, 5.41) is 0.593. The summed E-state index contributed by atoms with van der Waals surface area (Å²) in [6.45, 7) is 0.0130. The predicted octanol–water partition coefficient (Wildman–Crippen LogP) is 0.800. The molecule has 0 saturated heterocycles. The molecule has 18 heavy (non-hydrogen) atoms. The van der Waals surface area contributed by atoms with Crippen LogP contribution in [0.2, 0.25) is 5.02 Å². The molecule has 0 radical (unpaired) electrons. The molecule has 0 atom stereocenters. The van der Waals surface area contributed by atoms with Crippen LogP contribution in [0.25, 0.3) is 0 Å². The molecule has 0 aliphatic heterocycles. The second-order valence-electron chi connectivity index (χ2n) is 3.80. The van der Waals surface area contributed by atoms with Gasteiger partial charge in [0.05, 0.1) is 13.2 Å². The molecular weight excluding hydrogens is 256 g/mol. The molecule has 5 nitrogen and oxygen atoms in total. The van der Waals surface area contributed by atoms with E-state index in [0.29, 0.717) is 5.02 Å². The number of halogens is 1. The highest BCUT2D eigenvalue weighted by molar-refractivity contribution is 6.31. The Hall–Kier alpha value is -1.59. The quantitative estimate of drug-likeness (QED) is 0.831. The fraction of sp³-hybridized carbons (Fsp3) is 0.333. The van der Waals surface area contributed by atoms with Crippen molar-refractivity contribution in [2.24, 2.45) is 5.73 Å². The largest absolute Gasteiger partial charge is 0.368 e. The van der Waals surface area contributed by atoms with Crippen LogP contribution in [-0.4, -0.2) is 36.9 Å². The average Bonchev–Trinajstić information content (AvgIpc) is 2.30. The minimum atomic E-state index is -0.558. The van der Waals surface area contributed by atoms with Gasteiger partial charge in [0.15, 0.2) is 0 Å². The van der Waals surface area contributed by atoms with Crippen LogP contribution in [0.3, 0.4) is 0 Å². The monoisotopic (exact) mass is 270 g/mol. The smallest absolute Gasteiger partial charge is 0.248 e. The Morgan fingerprint density at radius 3 is 2.67 bits per heavy atom. The van der Waals surface area contributed by atoms with Crippen molar-refractivity contribution < 1.29 is 14.3 Å². The van der Waals surface area contributed by atoms with Gasteiger partial charge in [-0.15, -0.1) is 0 Å². The minimum Gasteiger partial charge on any atom is -0.368 e. The van der Waals surface area contributed by atoms with Crippen molar-refractivity contribution in [3.63, 3.8) is 0 Å². The van der Waals surface area contributed by atoms with E-state index in [1.807, 2.05) is 18.2 Å². The first-order valence-electron chi connectivity index (χ1n) is 5.34. The van der Waals surface area contributed by atoms with Gasteiger partial charge in [-0.1, -0.05) is 29.8 Å². The van der Waals surface area contributed by atoms with E-state index in [9.17, 15) is 9.59 Å². The van der Waals surface area contributed by atoms with Crippen LogP contribution in [0.15, 0.2) is 24.3 Å². The molecule has 0 fully saturated rings. The van der Waals surface area contributed by atoms with Gasteiger partial charge in [0.1, 0.15) is 6.61 Å². The Bertz CT molecular complexity index is 437. The number of hydrogen-bond donors (Lipinski definition) is 1. The number of carbonyl (C=O) groups excluding carboxylic acids is 2. The molecule has 98 valence electrons. The SMILES string of the molecule is CN(CC(N)=O)C(=O)COCc1ccccc1Cl. The van der Waals surface area contributed by atoms with E-state index in [1.165, 1.54) is 11.9 Å². The van der Waals surface area contributed by atoms with Crippen molar-refractivity contribution in [1.29, 1.82) is 0 Å². The maximum atomic E-state index is 11.5. The highest BCUT2D eigenvalue weighted by Crippen LogP contribution is 2.15. The molecule has 0 unspecified atom stereocenters.